The summed E-state index contributed by atoms with van der Waals surface area (Å²) < 4.78 is 14.8. The lowest BCUT2D eigenvalue weighted by atomic mass is 9.43. The number of nitrogens with zero attached hydrogens (tertiary/aromatic N) is 4. The molecule has 42 heavy (non-hydrogen) atoms. The van der Waals surface area contributed by atoms with Crippen molar-refractivity contribution in [2.75, 3.05) is 0 Å². The molecule has 3 saturated carbocycles. The van der Waals surface area contributed by atoms with Gasteiger partial charge in [0.1, 0.15) is 24.4 Å². The summed E-state index contributed by atoms with van der Waals surface area (Å²) in [6, 6.07) is 20.4. The van der Waals surface area contributed by atoms with Crippen LogP contribution in [0.1, 0.15) is 63.1 Å². The van der Waals surface area contributed by atoms with Crippen LogP contribution in [-0.2, 0) is 26.9 Å². The number of benzene rings is 2. The Hall–Kier alpha value is -3.74. The summed E-state index contributed by atoms with van der Waals surface area (Å²) in [5, 5.41) is 16.8. The van der Waals surface area contributed by atoms with Crippen molar-refractivity contribution in [2.45, 2.75) is 76.9 Å². The molecule has 216 valence electrons. The molecule has 0 spiro atoms. The minimum Gasteiger partial charge on any atom is -0.404 e. The first kappa shape index (κ1) is 28.4. The fourth-order valence-corrected chi connectivity index (χ4v) is 7.36. The third-order valence-electron chi connectivity index (χ3n) is 9.85. The second-order valence-electron chi connectivity index (χ2n) is 12.8. The first-order valence-electron chi connectivity index (χ1n) is 15.0. The third-order valence-corrected chi connectivity index (χ3v) is 9.85. The van der Waals surface area contributed by atoms with Gasteiger partial charge in [-0.3, -0.25) is 4.79 Å². The van der Waals surface area contributed by atoms with E-state index >= 15 is 0 Å². The van der Waals surface area contributed by atoms with Gasteiger partial charge in [0, 0.05) is 6.42 Å². The van der Waals surface area contributed by atoms with Gasteiger partial charge in [0.25, 0.3) is 0 Å². The molecule has 1 N–H and O–H groups in total. The van der Waals surface area contributed by atoms with Crippen molar-refractivity contribution >= 4 is 24.8 Å². The molecule has 8 nitrogen and oxygen atoms in total. The zero-order valence-corrected chi connectivity index (χ0v) is 24.6. The Balaban J connectivity index is 1.09. The van der Waals surface area contributed by atoms with Gasteiger partial charge in [0.05, 0.1) is 17.6 Å². The van der Waals surface area contributed by atoms with Crippen LogP contribution in [0, 0.1) is 28.6 Å². The molecule has 0 unspecified atom stereocenters. The second kappa shape index (κ2) is 11.5. The first-order chi connectivity index (χ1) is 20.3. The number of allylic oxidation sites excluding steroid dienone is 1. The summed E-state index contributed by atoms with van der Waals surface area (Å²) in [6.45, 7) is 6.94. The normalized spacial score (nSPS) is 26.6. The molecular weight excluding hydrogens is 525 g/mol. The van der Waals surface area contributed by atoms with Crippen molar-refractivity contribution < 1.29 is 14.1 Å². The van der Waals surface area contributed by atoms with Crippen LogP contribution < -0.4 is 5.32 Å². The number of carbonyl (C=O) groups excluding carboxylic acids is 1. The Morgan fingerprint density at radius 3 is 2.74 bits per heavy atom. The van der Waals surface area contributed by atoms with Crippen molar-refractivity contribution in [3.05, 3.63) is 83.9 Å². The minimum atomic E-state index is -0.470. The maximum Gasteiger partial charge on any atom is 0.482 e. The maximum absolute atomic E-state index is 13.3. The fourth-order valence-electron chi connectivity index (χ4n) is 7.36. The molecule has 4 aliphatic rings. The van der Waals surface area contributed by atoms with E-state index in [-0.39, 0.29) is 29.0 Å². The minimum absolute atomic E-state index is 0.00165. The average Bonchev–Trinajstić information content (AvgIpc) is 3.64. The average molecular weight is 564 g/mol. The highest BCUT2D eigenvalue weighted by atomic mass is 16.7. The van der Waals surface area contributed by atoms with E-state index in [1.807, 2.05) is 42.5 Å². The SMILES string of the molecule is CC1(C)[C@@H]2C[C@H]3OB([C@H](Cc4ccccc4)NC(=O)CCCc4cccc(/C=C(\C#N)n5cncn5)c4)O[C@@]3(C)[C@H]1C2. The Bertz CT molecular complexity index is 1480. The van der Waals surface area contributed by atoms with Crippen molar-refractivity contribution in [3.8, 4) is 6.07 Å². The van der Waals surface area contributed by atoms with Gasteiger partial charge >= 0.3 is 7.12 Å². The zero-order valence-electron chi connectivity index (χ0n) is 24.6. The summed E-state index contributed by atoms with van der Waals surface area (Å²) in [6.07, 6.45) is 9.48. The van der Waals surface area contributed by atoms with Crippen LogP contribution in [0.25, 0.3) is 11.8 Å². The van der Waals surface area contributed by atoms with E-state index in [4.69, 9.17) is 9.31 Å². The van der Waals surface area contributed by atoms with E-state index in [9.17, 15) is 10.1 Å². The molecule has 3 aliphatic carbocycles. The number of aromatic nitrogens is 3. The van der Waals surface area contributed by atoms with Gasteiger partial charge in [-0.05, 0) is 79.0 Å². The molecule has 7 rings (SSSR count). The molecule has 5 atom stereocenters. The van der Waals surface area contributed by atoms with Crippen LogP contribution >= 0.6 is 0 Å². The predicted molar refractivity (Wildman–Crippen MR) is 161 cm³/mol. The molecule has 4 fully saturated rings. The van der Waals surface area contributed by atoms with Gasteiger partial charge in [0.15, 0.2) is 0 Å². The van der Waals surface area contributed by atoms with E-state index in [1.165, 1.54) is 23.8 Å². The van der Waals surface area contributed by atoms with Crippen LogP contribution in [0.4, 0.5) is 0 Å². The number of nitrogens with one attached hydrogen (secondary N) is 1. The number of hydrogen-bond acceptors (Lipinski definition) is 6. The molecule has 1 aliphatic heterocycles. The second-order valence-corrected chi connectivity index (χ2v) is 12.8. The van der Waals surface area contributed by atoms with E-state index < -0.39 is 7.12 Å². The van der Waals surface area contributed by atoms with Gasteiger partial charge < -0.3 is 14.6 Å². The number of amides is 1. The largest absolute Gasteiger partial charge is 0.482 e. The lowest BCUT2D eigenvalue weighted by molar-refractivity contribution is -0.199. The predicted octanol–water partition coefficient (Wildman–Crippen LogP) is 5.12. The van der Waals surface area contributed by atoms with Crippen LogP contribution in [0.15, 0.2) is 67.3 Å². The third kappa shape index (κ3) is 5.54. The summed E-state index contributed by atoms with van der Waals surface area (Å²) in [7, 11) is -0.470. The monoisotopic (exact) mass is 563 g/mol. The van der Waals surface area contributed by atoms with Crippen LogP contribution in [-0.4, -0.2) is 45.4 Å². The van der Waals surface area contributed by atoms with Crippen LogP contribution in [0.5, 0.6) is 0 Å². The van der Waals surface area contributed by atoms with Crippen LogP contribution in [0.2, 0.25) is 0 Å². The maximum atomic E-state index is 13.3. The standard InChI is InChI=1S/C33H38BN5O3/c1-32(2)26-18-28(32)33(3)29(19-26)41-34(42-33)30(17-24-9-5-4-6-10-24)38-31(40)14-8-12-23-11-7-13-25(15-23)16-27(20-35)39-22-36-21-37-39/h4-7,9-11,13,15-16,21-22,26,28-30H,8,12,14,17-19H2,1-3H3,(H,38,40)/b27-16+/t26-,28-,29+,30-,33-/m0/s1. The Morgan fingerprint density at radius 2 is 2.00 bits per heavy atom. The summed E-state index contributed by atoms with van der Waals surface area (Å²) in [5.74, 6) is 0.880. The van der Waals surface area contributed by atoms with Gasteiger partial charge in [-0.15, -0.1) is 0 Å². The summed E-state index contributed by atoms with van der Waals surface area (Å²) in [4.78, 5) is 17.2. The number of aryl methyl sites for hydroxylation is 1. The topological polar surface area (TPSA) is 102 Å². The molecule has 2 bridgehead atoms. The Labute approximate surface area is 248 Å². The van der Waals surface area contributed by atoms with Gasteiger partial charge in [-0.25, -0.2) is 9.67 Å². The van der Waals surface area contributed by atoms with E-state index in [0.717, 1.165) is 29.5 Å². The van der Waals surface area contributed by atoms with Crippen molar-refractivity contribution in [1.82, 2.24) is 20.1 Å². The van der Waals surface area contributed by atoms with E-state index in [0.29, 0.717) is 36.8 Å². The molecule has 0 radical (unpaired) electrons. The van der Waals surface area contributed by atoms with Crippen molar-refractivity contribution in [2.24, 2.45) is 17.3 Å². The Morgan fingerprint density at radius 1 is 1.19 bits per heavy atom. The highest BCUT2D eigenvalue weighted by Crippen LogP contribution is 2.65. The summed E-state index contributed by atoms with van der Waals surface area (Å²) >= 11 is 0. The molecule has 3 aromatic rings. The lowest BCUT2D eigenvalue weighted by Gasteiger charge is -2.64. The molecule has 2 aromatic carbocycles. The number of rotatable bonds is 10. The van der Waals surface area contributed by atoms with E-state index in [2.05, 4.69) is 54.4 Å². The number of carbonyl (C=O) groups is 1. The van der Waals surface area contributed by atoms with Gasteiger partial charge in [-0.2, -0.15) is 10.4 Å². The lowest BCUT2D eigenvalue weighted by Crippen LogP contribution is -2.65. The molecule has 9 heteroatoms. The zero-order chi connectivity index (χ0) is 29.3. The quantitative estimate of drug-likeness (QED) is 0.272. The first-order valence-corrected chi connectivity index (χ1v) is 15.0. The summed E-state index contributed by atoms with van der Waals surface area (Å²) in [5.41, 5.74) is 3.49. The molecule has 2 heterocycles. The molecular formula is C33H38BN5O3. The molecule has 1 aromatic heterocycles. The number of nitriles is 1. The highest BCUT2D eigenvalue weighted by molar-refractivity contribution is 6.48. The fraction of sp³-hybridized carbons (Fsp3) is 0.455. The molecule has 1 amide bonds. The van der Waals surface area contributed by atoms with Gasteiger partial charge in [-0.1, -0.05) is 68.4 Å². The van der Waals surface area contributed by atoms with E-state index in [1.54, 1.807) is 6.08 Å². The van der Waals surface area contributed by atoms with Crippen LogP contribution in [0.3, 0.4) is 0 Å². The molecule has 1 saturated heterocycles. The van der Waals surface area contributed by atoms with Crippen molar-refractivity contribution in [1.29, 1.82) is 5.26 Å². The Kier molecular flexibility index (Phi) is 7.78. The van der Waals surface area contributed by atoms with Crippen molar-refractivity contribution in [3.63, 3.8) is 0 Å². The van der Waals surface area contributed by atoms with Gasteiger partial charge in [0.2, 0.25) is 5.91 Å². The highest BCUT2D eigenvalue weighted by Gasteiger charge is 2.68. The smallest absolute Gasteiger partial charge is 0.404 e. The number of hydrogen-bond donors (Lipinski definition) is 1.